The van der Waals surface area contributed by atoms with E-state index >= 15 is 0 Å². The van der Waals surface area contributed by atoms with E-state index in [0.29, 0.717) is 13.1 Å². The Kier molecular flexibility index (Phi) is 4.30. The van der Waals surface area contributed by atoms with Gasteiger partial charge in [0.2, 0.25) is 5.91 Å². The topological polar surface area (TPSA) is 77.8 Å². The van der Waals surface area contributed by atoms with Crippen LogP contribution < -0.4 is 0 Å². The average Bonchev–Trinajstić information content (AvgIpc) is 2.26. The number of carbonyl (C=O) groups is 2. The van der Waals surface area contributed by atoms with Crippen LogP contribution in [0.1, 0.15) is 12.8 Å². The Labute approximate surface area is 88.0 Å². The first-order chi connectivity index (χ1) is 7.13. The number of nitrogens with zero attached hydrogens (tertiary/aromatic N) is 1. The van der Waals surface area contributed by atoms with Crippen molar-refractivity contribution in [1.82, 2.24) is 4.90 Å². The van der Waals surface area contributed by atoms with Crippen molar-refractivity contribution in [3.63, 3.8) is 0 Å². The molecular formula is C10H15NO4. The summed E-state index contributed by atoms with van der Waals surface area (Å²) in [6, 6.07) is 0. The number of aliphatic hydroxyl groups excluding tert-OH is 1. The zero-order chi connectivity index (χ0) is 11.3. The van der Waals surface area contributed by atoms with Gasteiger partial charge in [-0.25, -0.2) is 4.79 Å². The molecule has 1 rings (SSSR count). The number of carboxylic acids is 1. The van der Waals surface area contributed by atoms with Gasteiger partial charge in [-0.2, -0.15) is 0 Å². The number of amides is 1. The zero-order valence-corrected chi connectivity index (χ0v) is 8.43. The number of carboxylic acid groups (broad SMARTS) is 1. The molecule has 0 spiro atoms. The minimum Gasteiger partial charge on any atom is -0.478 e. The van der Waals surface area contributed by atoms with Crippen LogP contribution in [0, 0.1) is 5.92 Å². The third-order valence-corrected chi connectivity index (χ3v) is 2.55. The van der Waals surface area contributed by atoms with E-state index in [9.17, 15) is 9.59 Å². The van der Waals surface area contributed by atoms with Crippen molar-refractivity contribution in [3.8, 4) is 0 Å². The first kappa shape index (κ1) is 11.7. The highest BCUT2D eigenvalue weighted by Crippen LogP contribution is 2.16. The van der Waals surface area contributed by atoms with Gasteiger partial charge in [0.25, 0.3) is 0 Å². The Morgan fingerprint density at radius 3 is 2.33 bits per heavy atom. The summed E-state index contributed by atoms with van der Waals surface area (Å²) >= 11 is 0. The molecule has 5 heteroatoms. The maximum absolute atomic E-state index is 11.4. The van der Waals surface area contributed by atoms with E-state index < -0.39 is 5.97 Å². The summed E-state index contributed by atoms with van der Waals surface area (Å²) in [5, 5.41) is 17.2. The van der Waals surface area contributed by atoms with Gasteiger partial charge in [-0.1, -0.05) is 0 Å². The van der Waals surface area contributed by atoms with Gasteiger partial charge in [-0.3, -0.25) is 4.79 Å². The van der Waals surface area contributed by atoms with Gasteiger partial charge in [0.1, 0.15) is 0 Å². The molecule has 84 valence electrons. The molecule has 0 aromatic rings. The van der Waals surface area contributed by atoms with Crippen molar-refractivity contribution < 1.29 is 19.8 Å². The molecule has 5 nitrogen and oxygen atoms in total. The van der Waals surface area contributed by atoms with E-state index in [2.05, 4.69) is 0 Å². The summed E-state index contributed by atoms with van der Waals surface area (Å²) in [6.07, 6.45) is 3.48. The van der Waals surface area contributed by atoms with Crippen molar-refractivity contribution >= 4 is 11.9 Å². The molecule has 1 aliphatic heterocycles. The van der Waals surface area contributed by atoms with Crippen molar-refractivity contribution in [2.24, 2.45) is 5.92 Å². The van der Waals surface area contributed by atoms with Crippen LogP contribution in [0.5, 0.6) is 0 Å². The Balaban J connectivity index is 2.39. The summed E-state index contributed by atoms with van der Waals surface area (Å²) in [7, 11) is 0. The first-order valence-electron chi connectivity index (χ1n) is 4.94. The van der Waals surface area contributed by atoms with Crippen LogP contribution in [0.15, 0.2) is 12.2 Å². The molecular weight excluding hydrogens is 198 g/mol. The van der Waals surface area contributed by atoms with Gasteiger partial charge in [0.15, 0.2) is 0 Å². The number of rotatable bonds is 3. The second-order valence-electron chi connectivity index (χ2n) is 3.62. The van der Waals surface area contributed by atoms with Gasteiger partial charge in [0.05, 0.1) is 0 Å². The van der Waals surface area contributed by atoms with E-state index in [4.69, 9.17) is 10.2 Å². The molecule has 0 radical (unpaired) electrons. The van der Waals surface area contributed by atoms with Crippen molar-refractivity contribution in [2.75, 3.05) is 19.7 Å². The maximum atomic E-state index is 11.4. The van der Waals surface area contributed by atoms with Gasteiger partial charge < -0.3 is 15.1 Å². The monoisotopic (exact) mass is 213 g/mol. The lowest BCUT2D eigenvalue weighted by molar-refractivity contribution is -0.132. The van der Waals surface area contributed by atoms with Gasteiger partial charge in [-0.15, -0.1) is 0 Å². The number of hydrogen-bond donors (Lipinski definition) is 2. The molecule has 0 atom stereocenters. The summed E-state index contributed by atoms with van der Waals surface area (Å²) in [6.45, 7) is 1.34. The zero-order valence-electron chi connectivity index (χ0n) is 8.43. The largest absolute Gasteiger partial charge is 0.478 e. The van der Waals surface area contributed by atoms with Crippen LogP contribution in [-0.4, -0.2) is 46.7 Å². The summed E-state index contributed by atoms with van der Waals surface area (Å²) in [5.74, 6) is -1.11. The maximum Gasteiger partial charge on any atom is 0.328 e. The van der Waals surface area contributed by atoms with E-state index in [0.717, 1.165) is 25.0 Å². The number of carbonyl (C=O) groups excluding carboxylic acids is 1. The molecule has 1 aliphatic rings. The Morgan fingerprint density at radius 1 is 1.27 bits per heavy atom. The van der Waals surface area contributed by atoms with E-state index in [-0.39, 0.29) is 18.4 Å². The predicted octanol–water partition coefficient (Wildman–Crippen LogP) is -0.142. The smallest absolute Gasteiger partial charge is 0.328 e. The Morgan fingerprint density at radius 2 is 1.87 bits per heavy atom. The minimum atomic E-state index is -1.12. The fourth-order valence-electron chi connectivity index (χ4n) is 1.58. The third-order valence-electron chi connectivity index (χ3n) is 2.55. The quantitative estimate of drug-likeness (QED) is 0.639. The molecule has 0 aliphatic carbocycles. The lowest BCUT2D eigenvalue weighted by atomic mass is 9.98. The second-order valence-corrected chi connectivity index (χ2v) is 3.62. The number of hydrogen-bond acceptors (Lipinski definition) is 3. The fraction of sp³-hybridized carbons (Fsp3) is 0.600. The molecule has 0 saturated carbocycles. The Hall–Kier alpha value is -1.36. The Bertz CT molecular complexity index is 267. The molecule has 1 fully saturated rings. The molecule has 15 heavy (non-hydrogen) atoms. The summed E-state index contributed by atoms with van der Waals surface area (Å²) in [5.41, 5.74) is 0. The third kappa shape index (κ3) is 3.71. The molecule has 1 amide bonds. The van der Waals surface area contributed by atoms with Crippen molar-refractivity contribution in [3.05, 3.63) is 12.2 Å². The predicted molar refractivity (Wildman–Crippen MR) is 53.2 cm³/mol. The summed E-state index contributed by atoms with van der Waals surface area (Å²) < 4.78 is 0. The standard InChI is InChI=1S/C10H15NO4/c12-7-8-3-5-11(6-4-8)9(13)1-2-10(14)15/h1-2,8,12H,3-7H2,(H,14,15)/b2-1+. The highest BCUT2D eigenvalue weighted by Gasteiger charge is 2.20. The van der Waals surface area contributed by atoms with Gasteiger partial charge >= 0.3 is 5.97 Å². The second kappa shape index (κ2) is 5.50. The minimum absolute atomic E-state index is 0.160. The normalized spacial score (nSPS) is 18.3. The molecule has 0 aromatic heterocycles. The lowest BCUT2D eigenvalue weighted by Gasteiger charge is -2.30. The molecule has 2 N–H and O–H groups in total. The highest BCUT2D eigenvalue weighted by molar-refractivity contribution is 5.93. The fourth-order valence-corrected chi connectivity index (χ4v) is 1.58. The van der Waals surface area contributed by atoms with Crippen LogP contribution >= 0.6 is 0 Å². The van der Waals surface area contributed by atoms with Crippen LogP contribution in [0.3, 0.4) is 0 Å². The van der Waals surface area contributed by atoms with Crippen LogP contribution in [0.25, 0.3) is 0 Å². The molecule has 0 aromatic carbocycles. The lowest BCUT2D eigenvalue weighted by Crippen LogP contribution is -2.38. The van der Waals surface area contributed by atoms with Crippen molar-refractivity contribution in [2.45, 2.75) is 12.8 Å². The van der Waals surface area contributed by atoms with Crippen LogP contribution in [0.2, 0.25) is 0 Å². The van der Waals surface area contributed by atoms with E-state index in [1.165, 1.54) is 0 Å². The SMILES string of the molecule is O=C(O)/C=C/C(=O)N1CCC(CO)CC1. The average molecular weight is 213 g/mol. The first-order valence-corrected chi connectivity index (χ1v) is 4.94. The molecule has 0 bridgehead atoms. The van der Waals surface area contributed by atoms with Gasteiger partial charge in [0, 0.05) is 31.8 Å². The number of aliphatic carboxylic acids is 1. The number of likely N-dealkylation sites (tertiary alicyclic amines) is 1. The molecule has 1 heterocycles. The number of piperidine rings is 1. The van der Waals surface area contributed by atoms with Gasteiger partial charge in [-0.05, 0) is 18.8 Å². The van der Waals surface area contributed by atoms with E-state index in [1.807, 2.05) is 0 Å². The summed E-state index contributed by atoms with van der Waals surface area (Å²) in [4.78, 5) is 23.2. The van der Waals surface area contributed by atoms with Crippen LogP contribution in [-0.2, 0) is 9.59 Å². The number of aliphatic hydroxyl groups is 1. The van der Waals surface area contributed by atoms with Crippen molar-refractivity contribution in [1.29, 1.82) is 0 Å². The molecule has 1 saturated heterocycles. The van der Waals surface area contributed by atoms with E-state index in [1.54, 1.807) is 4.90 Å². The molecule has 0 unspecified atom stereocenters. The highest BCUT2D eigenvalue weighted by atomic mass is 16.4. The van der Waals surface area contributed by atoms with Crippen LogP contribution in [0.4, 0.5) is 0 Å².